The maximum absolute atomic E-state index is 3.70. The van der Waals surface area contributed by atoms with Crippen LogP contribution >= 0.6 is 0 Å². The van der Waals surface area contributed by atoms with E-state index < -0.39 is 0 Å². The third-order valence-electron chi connectivity index (χ3n) is 8.64. The topological polar surface area (TPSA) is 19.7 Å². The highest BCUT2D eigenvalue weighted by Crippen LogP contribution is 2.27. The molecule has 1 N–H and O–H groups in total. The Morgan fingerprint density at radius 3 is 1.30 bits per heavy atom. The summed E-state index contributed by atoms with van der Waals surface area (Å²) in [6.07, 6.45) is 41.3. The Bertz CT molecular complexity index is 578. The highest BCUT2D eigenvalue weighted by molar-refractivity contribution is 4.90. The number of H-pyrrole nitrogens is 1. The summed E-state index contributed by atoms with van der Waals surface area (Å²) in [5, 5.41) is 0. The predicted octanol–water partition coefficient (Wildman–Crippen LogP) is 12.1. The molecule has 0 aliphatic heterocycles. The molecule has 0 fully saturated rings. The molecule has 0 aliphatic rings. The van der Waals surface area contributed by atoms with Crippen molar-refractivity contribution in [3.8, 4) is 0 Å². The van der Waals surface area contributed by atoms with Gasteiger partial charge in [0.1, 0.15) is 12.4 Å². The molecule has 0 spiro atoms. The van der Waals surface area contributed by atoms with Gasteiger partial charge >= 0.3 is 0 Å². The number of rotatable bonds is 28. The molecular weight excluding hydrogens is 448 g/mol. The normalized spacial score (nSPS) is 13.3. The van der Waals surface area contributed by atoms with E-state index in [0.717, 1.165) is 0 Å². The van der Waals surface area contributed by atoms with Crippen LogP contribution in [0, 0.1) is 0 Å². The van der Waals surface area contributed by atoms with Crippen molar-refractivity contribution >= 4 is 0 Å². The van der Waals surface area contributed by atoms with E-state index in [1.807, 2.05) is 0 Å². The first-order valence-corrected chi connectivity index (χ1v) is 17.3. The van der Waals surface area contributed by atoms with Gasteiger partial charge in [0.2, 0.25) is 0 Å². The molecule has 0 aromatic carbocycles. The molecule has 1 rings (SSSR count). The Morgan fingerprint density at radius 2 is 0.865 bits per heavy atom. The van der Waals surface area contributed by atoms with E-state index in [0.29, 0.717) is 12.0 Å². The quantitative estimate of drug-likeness (QED) is 0.0842. The van der Waals surface area contributed by atoms with Gasteiger partial charge in [0.25, 0.3) is 5.82 Å². The van der Waals surface area contributed by atoms with Gasteiger partial charge in [0.15, 0.2) is 0 Å². The zero-order valence-electron chi connectivity index (χ0n) is 26.1. The lowest BCUT2D eigenvalue weighted by Gasteiger charge is -2.17. The van der Waals surface area contributed by atoms with E-state index in [9.17, 15) is 0 Å². The SMILES string of the molecule is CCCCCCCCCCCCCCCC(C)[n+]1cc[nH]c1C(CCCCCC)CCCCCCCC. The van der Waals surface area contributed by atoms with Crippen LogP contribution in [0.5, 0.6) is 0 Å². The summed E-state index contributed by atoms with van der Waals surface area (Å²) in [7, 11) is 0. The van der Waals surface area contributed by atoms with Crippen molar-refractivity contribution in [2.75, 3.05) is 0 Å². The number of nitrogens with one attached hydrogen (secondary N) is 1. The fourth-order valence-electron chi connectivity index (χ4n) is 6.07. The molecule has 2 atom stereocenters. The summed E-state index contributed by atoms with van der Waals surface area (Å²) in [4.78, 5) is 3.70. The van der Waals surface area contributed by atoms with Crippen molar-refractivity contribution in [2.24, 2.45) is 0 Å². The molecule has 2 nitrogen and oxygen atoms in total. The molecule has 2 unspecified atom stereocenters. The van der Waals surface area contributed by atoms with Crippen LogP contribution in [0.4, 0.5) is 0 Å². The number of imidazole rings is 1. The lowest BCUT2D eigenvalue weighted by molar-refractivity contribution is -0.727. The average Bonchev–Trinajstić information content (AvgIpc) is 3.40. The first-order valence-electron chi connectivity index (χ1n) is 17.3. The molecule has 37 heavy (non-hydrogen) atoms. The number of aromatic nitrogens is 2. The first-order chi connectivity index (χ1) is 18.2. The minimum atomic E-state index is 0.622. The van der Waals surface area contributed by atoms with Gasteiger partial charge in [0.05, 0.1) is 12.0 Å². The molecule has 2 heteroatoms. The van der Waals surface area contributed by atoms with Gasteiger partial charge < -0.3 is 0 Å². The van der Waals surface area contributed by atoms with E-state index in [-0.39, 0.29) is 0 Å². The average molecular weight is 518 g/mol. The van der Waals surface area contributed by atoms with Gasteiger partial charge in [-0.25, -0.2) is 9.55 Å². The Hall–Kier alpha value is -0.790. The standard InChI is InChI=1S/C35H68N2/c1-5-8-11-14-16-17-18-19-20-21-22-23-25-28-33(4)37-32-31-36-35(37)34(29-26-13-10-7-3)30-27-24-15-12-9-6-2/h31-34H,5-30H2,1-4H3/p+1. The first kappa shape index (κ1) is 34.2. The van der Waals surface area contributed by atoms with Crippen molar-refractivity contribution in [1.82, 2.24) is 4.98 Å². The molecule has 0 aliphatic carbocycles. The monoisotopic (exact) mass is 518 g/mol. The molecule has 0 saturated carbocycles. The Balaban J connectivity index is 2.30. The fraction of sp³-hybridized carbons (Fsp3) is 0.914. The Labute approximate surface area is 234 Å². The van der Waals surface area contributed by atoms with Gasteiger partial charge in [0, 0.05) is 0 Å². The molecule has 1 aromatic heterocycles. The number of unbranched alkanes of at least 4 members (excludes halogenated alkanes) is 20. The summed E-state index contributed by atoms with van der Waals surface area (Å²) < 4.78 is 2.61. The predicted molar refractivity (Wildman–Crippen MR) is 166 cm³/mol. The van der Waals surface area contributed by atoms with Gasteiger partial charge in [-0.15, -0.1) is 0 Å². The number of hydrogen-bond donors (Lipinski definition) is 1. The van der Waals surface area contributed by atoms with Crippen LogP contribution in [0.25, 0.3) is 0 Å². The summed E-state index contributed by atoms with van der Waals surface area (Å²) >= 11 is 0. The van der Waals surface area contributed by atoms with Crippen LogP contribution in [0.1, 0.15) is 212 Å². The second kappa shape index (κ2) is 25.5. The Kier molecular flexibility index (Phi) is 23.6. The molecule has 0 saturated heterocycles. The molecule has 218 valence electrons. The van der Waals surface area contributed by atoms with Gasteiger partial charge in [-0.1, -0.05) is 162 Å². The van der Waals surface area contributed by atoms with Crippen LogP contribution in [0.15, 0.2) is 12.4 Å². The fourth-order valence-corrected chi connectivity index (χ4v) is 6.07. The van der Waals surface area contributed by atoms with E-state index in [1.165, 1.54) is 173 Å². The van der Waals surface area contributed by atoms with Gasteiger partial charge in [-0.05, 0) is 32.6 Å². The highest BCUT2D eigenvalue weighted by Gasteiger charge is 2.25. The van der Waals surface area contributed by atoms with Crippen molar-refractivity contribution < 1.29 is 4.57 Å². The zero-order chi connectivity index (χ0) is 26.8. The van der Waals surface area contributed by atoms with E-state index in [1.54, 1.807) is 0 Å². The van der Waals surface area contributed by atoms with Crippen LogP contribution in [0.2, 0.25) is 0 Å². The molecule has 1 aromatic rings. The second-order valence-electron chi connectivity index (χ2n) is 12.2. The molecule has 0 radical (unpaired) electrons. The second-order valence-corrected chi connectivity index (χ2v) is 12.2. The van der Waals surface area contributed by atoms with E-state index >= 15 is 0 Å². The summed E-state index contributed by atoms with van der Waals surface area (Å²) in [6, 6.07) is 0.622. The summed E-state index contributed by atoms with van der Waals surface area (Å²) in [6.45, 7) is 9.40. The van der Waals surface area contributed by atoms with Crippen LogP contribution in [-0.4, -0.2) is 4.98 Å². The van der Waals surface area contributed by atoms with Gasteiger partial charge in [-0.3, -0.25) is 0 Å². The van der Waals surface area contributed by atoms with Crippen molar-refractivity contribution in [3.63, 3.8) is 0 Å². The minimum Gasteiger partial charge on any atom is -0.247 e. The van der Waals surface area contributed by atoms with E-state index in [2.05, 4.69) is 49.6 Å². The molecule has 1 heterocycles. The maximum atomic E-state index is 3.70. The van der Waals surface area contributed by atoms with Gasteiger partial charge in [-0.2, -0.15) is 0 Å². The zero-order valence-corrected chi connectivity index (χ0v) is 26.1. The summed E-state index contributed by atoms with van der Waals surface area (Å²) in [5.74, 6) is 2.24. The molecular formula is C35H69N2+. The number of nitrogens with zero attached hydrogens (tertiary/aromatic N) is 1. The van der Waals surface area contributed by atoms with Crippen molar-refractivity contribution in [2.45, 2.75) is 207 Å². The largest absolute Gasteiger partial charge is 0.257 e. The highest BCUT2D eigenvalue weighted by atomic mass is 15.1. The smallest absolute Gasteiger partial charge is 0.247 e. The maximum Gasteiger partial charge on any atom is 0.257 e. The van der Waals surface area contributed by atoms with Crippen LogP contribution < -0.4 is 4.57 Å². The third-order valence-corrected chi connectivity index (χ3v) is 8.64. The van der Waals surface area contributed by atoms with Crippen LogP contribution in [0.3, 0.4) is 0 Å². The lowest BCUT2D eigenvalue weighted by atomic mass is 9.93. The number of hydrogen-bond acceptors (Lipinski definition) is 0. The van der Waals surface area contributed by atoms with E-state index in [4.69, 9.17) is 0 Å². The number of aromatic amines is 1. The Morgan fingerprint density at radius 1 is 0.514 bits per heavy atom. The van der Waals surface area contributed by atoms with Crippen molar-refractivity contribution in [3.05, 3.63) is 18.2 Å². The van der Waals surface area contributed by atoms with Crippen LogP contribution in [-0.2, 0) is 0 Å². The third kappa shape index (κ3) is 18.2. The molecule has 0 amide bonds. The minimum absolute atomic E-state index is 0.622. The summed E-state index contributed by atoms with van der Waals surface area (Å²) in [5.41, 5.74) is 0. The van der Waals surface area contributed by atoms with Crippen molar-refractivity contribution in [1.29, 1.82) is 0 Å². The molecule has 0 bridgehead atoms. The lowest BCUT2D eigenvalue weighted by Crippen LogP contribution is -2.41.